The van der Waals surface area contributed by atoms with E-state index in [4.69, 9.17) is 9.57 Å². The van der Waals surface area contributed by atoms with Gasteiger partial charge in [-0.05, 0) is 12.8 Å². The zero-order valence-corrected chi connectivity index (χ0v) is 11.3. The van der Waals surface area contributed by atoms with Gasteiger partial charge in [0.2, 0.25) is 0 Å². The number of carbonyl (C=O) groups excluding carboxylic acids is 1. The average molecular weight is 292 g/mol. The lowest BCUT2D eigenvalue weighted by Gasteiger charge is -2.28. The number of alkyl halides is 1. The van der Waals surface area contributed by atoms with Gasteiger partial charge in [0, 0.05) is 11.4 Å². The monoisotopic (exact) mass is 291 g/mol. The quantitative estimate of drug-likeness (QED) is 0.574. The van der Waals surface area contributed by atoms with E-state index in [2.05, 4.69) is 15.9 Å². The smallest absolute Gasteiger partial charge is 0.313 e. The van der Waals surface area contributed by atoms with Crippen LogP contribution in [0.15, 0.2) is 0 Å². The van der Waals surface area contributed by atoms with Crippen molar-refractivity contribution in [3.63, 3.8) is 0 Å². The molecule has 4 atom stereocenters. The van der Waals surface area contributed by atoms with Crippen LogP contribution in [-0.4, -0.2) is 41.7 Å². The van der Waals surface area contributed by atoms with Crippen molar-refractivity contribution < 1.29 is 14.4 Å². The summed E-state index contributed by atoms with van der Waals surface area (Å²) in [5, 5.41) is 1.98. The largest absolute Gasteiger partial charge is 0.469 e. The van der Waals surface area contributed by atoms with Gasteiger partial charge in [-0.25, -0.2) is 0 Å². The molecule has 0 aromatic heterocycles. The molecule has 2 saturated heterocycles. The standard InChI is InChI=1S/C11H18BrNO3/c1-7(12)10-9(11(14)15-2)8-5-3-4-6-13(8)16-10/h7-10H,3-6H2,1-2H3/t7-,8+,9-,10+/m0/s1. The van der Waals surface area contributed by atoms with Gasteiger partial charge in [-0.2, -0.15) is 5.06 Å². The summed E-state index contributed by atoms with van der Waals surface area (Å²) in [6, 6.07) is 0.200. The van der Waals surface area contributed by atoms with Gasteiger partial charge in [-0.1, -0.05) is 29.3 Å². The topological polar surface area (TPSA) is 38.8 Å². The number of esters is 1. The minimum Gasteiger partial charge on any atom is -0.469 e. The molecule has 2 aliphatic rings. The van der Waals surface area contributed by atoms with Gasteiger partial charge >= 0.3 is 5.97 Å². The first-order chi connectivity index (χ1) is 7.65. The molecule has 2 fully saturated rings. The molecule has 0 radical (unpaired) electrons. The number of nitrogens with zero attached hydrogens (tertiary/aromatic N) is 1. The first-order valence-corrected chi connectivity index (χ1v) is 6.72. The summed E-state index contributed by atoms with van der Waals surface area (Å²) in [5.41, 5.74) is 0. The van der Waals surface area contributed by atoms with Crippen LogP contribution in [0.1, 0.15) is 26.2 Å². The molecular formula is C11H18BrNO3. The van der Waals surface area contributed by atoms with Crippen LogP contribution in [0.5, 0.6) is 0 Å². The Kier molecular flexibility index (Phi) is 3.87. The lowest BCUT2D eigenvalue weighted by Crippen LogP contribution is -2.40. The summed E-state index contributed by atoms with van der Waals surface area (Å²) in [6.07, 6.45) is 3.24. The Morgan fingerprint density at radius 1 is 1.56 bits per heavy atom. The molecule has 92 valence electrons. The number of hydrogen-bond acceptors (Lipinski definition) is 4. The van der Waals surface area contributed by atoms with E-state index in [0.29, 0.717) is 0 Å². The minimum atomic E-state index is -0.153. The van der Waals surface area contributed by atoms with Crippen LogP contribution in [0.2, 0.25) is 0 Å². The predicted octanol–water partition coefficient (Wildman–Crippen LogP) is 1.73. The maximum absolute atomic E-state index is 11.8. The molecule has 0 bridgehead atoms. The summed E-state index contributed by atoms with van der Waals surface area (Å²) < 4.78 is 4.90. The van der Waals surface area contributed by atoms with Crippen LogP contribution in [0.4, 0.5) is 0 Å². The number of hydroxylamine groups is 2. The van der Waals surface area contributed by atoms with Crippen molar-refractivity contribution in [2.75, 3.05) is 13.7 Å². The van der Waals surface area contributed by atoms with Gasteiger partial charge in [-0.15, -0.1) is 0 Å². The van der Waals surface area contributed by atoms with E-state index < -0.39 is 0 Å². The molecule has 0 aromatic rings. The molecule has 2 heterocycles. The number of fused-ring (bicyclic) bond motifs is 1. The summed E-state index contributed by atoms with van der Waals surface area (Å²) >= 11 is 3.51. The van der Waals surface area contributed by atoms with Gasteiger partial charge in [-0.3, -0.25) is 9.63 Å². The number of methoxy groups -OCH3 is 1. The molecule has 16 heavy (non-hydrogen) atoms. The van der Waals surface area contributed by atoms with E-state index in [9.17, 15) is 4.79 Å². The molecule has 0 saturated carbocycles. The van der Waals surface area contributed by atoms with E-state index in [0.717, 1.165) is 19.4 Å². The SMILES string of the molecule is COC(=O)[C@@H]1[C@@H]([C@H](C)Br)ON2CCCC[C@H]12. The number of piperidine rings is 1. The third-order valence-corrected chi connectivity index (χ3v) is 3.97. The van der Waals surface area contributed by atoms with Gasteiger partial charge in [0.25, 0.3) is 0 Å². The van der Waals surface area contributed by atoms with Crippen molar-refractivity contribution in [3.8, 4) is 0 Å². The average Bonchev–Trinajstić information content (AvgIpc) is 2.67. The van der Waals surface area contributed by atoms with Crippen LogP contribution < -0.4 is 0 Å². The van der Waals surface area contributed by atoms with Crippen molar-refractivity contribution in [1.29, 1.82) is 0 Å². The fourth-order valence-corrected chi connectivity index (χ4v) is 3.08. The Morgan fingerprint density at radius 2 is 2.31 bits per heavy atom. The van der Waals surface area contributed by atoms with E-state index in [1.807, 2.05) is 12.0 Å². The Bertz CT molecular complexity index is 270. The highest BCUT2D eigenvalue weighted by Crippen LogP contribution is 2.37. The van der Waals surface area contributed by atoms with Crippen LogP contribution in [0.3, 0.4) is 0 Å². The van der Waals surface area contributed by atoms with Gasteiger partial charge in [0.05, 0.1) is 13.2 Å². The zero-order chi connectivity index (χ0) is 11.7. The summed E-state index contributed by atoms with van der Waals surface area (Å²) in [5.74, 6) is -0.301. The van der Waals surface area contributed by atoms with Crippen LogP contribution in [-0.2, 0) is 14.4 Å². The van der Waals surface area contributed by atoms with Crippen molar-refractivity contribution >= 4 is 21.9 Å². The lowest BCUT2D eigenvalue weighted by atomic mass is 9.88. The second-order valence-electron chi connectivity index (χ2n) is 4.50. The second kappa shape index (κ2) is 5.02. The van der Waals surface area contributed by atoms with E-state index in [1.165, 1.54) is 13.5 Å². The first kappa shape index (κ1) is 12.3. The molecule has 0 aromatic carbocycles. The third-order valence-electron chi connectivity index (χ3n) is 3.45. The summed E-state index contributed by atoms with van der Waals surface area (Å²) in [4.78, 5) is 17.8. The normalized spacial score (nSPS) is 36.8. The summed E-state index contributed by atoms with van der Waals surface area (Å²) in [7, 11) is 1.45. The molecule has 0 amide bonds. The van der Waals surface area contributed by atoms with Crippen molar-refractivity contribution in [2.24, 2.45) is 5.92 Å². The highest BCUT2D eigenvalue weighted by molar-refractivity contribution is 9.09. The molecule has 2 rings (SSSR count). The Morgan fingerprint density at radius 3 is 2.94 bits per heavy atom. The van der Waals surface area contributed by atoms with Crippen molar-refractivity contribution in [1.82, 2.24) is 5.06 Å². The zero-order valence-electron chi connectivity index (χ0n) is 9.69. The van der Waals surface area contributed by atoms with E-state index >= 15 is 0 Å². The number of rotatable bonds is 2. The van der Waals surface area contributed by atoms with Crippen LogP contribution in [0.25, 0.3) is 0 Å². The van der Waals surface area contributed by atoms with Crippen molar-refractivity contribution in [2.45, 2.75) is 43.2 Å². The third kappa shape index (κ3) is 2.13. The van der Waals surface area contributed by atoms with Crippen molar-refractivity contribution in [3.05, 3.63) is 0 Å². The Labute approximate surface area is 104 Å². The highest BCUT2D eigenvalue weighted by Gasteiger charge is 2.50. The van der Waals surface area contributed by atoms with Gasteiger partial charge < -0.3 is 4.74 Å². The maximum Gasteiger partial charge on any atom is 0.313 e. The fourth-order valence-electron chi connectivity index (χ4n) is 2.66. The van der Waals surface area contributed by atoms with Crippen LogP contribution >= 0.6 is 15.9 Å². The second-order valence-corrected chi connectivity index (χ2v) is 5.94. The highest BCUT2D eigenvalue weighted by atomic mass is 79.9. The fraction of sp³-hybridized carbons (Fsp3) is 0.909. The number of carbonyl (C=O) groups is 1. The van der Waals surface area contributed by atoms with Gasteiger partial charge in [0.1, 0.15) is 12.0 Å². The Balaban J connectivity index is 2.17. The van der Waals surface area contributed by atoms with Crippen LogP contribution in [0, 0.1) is 5.92 Å². The molecule has 0 spiro atoms. The number of ether oxygens (including phenoxy) is 1. The number of halogens is 1. The maximum atomic E-state index is 11.8. The summed E-state index contributed by atoms with van der Waals surface area (Å²) in [6.45, 7) is 2.94. The molecule has 2 aliphatic heterocycles. The molecule has 4 nitrogen and oxygen atoms in total. The molecule has 5 heteroatoms. The van der Waals surface area contributed by atoms with Gasteiger partial charge in [0.15, 0.2) is 0 Å². The molecule has 0 aliphatic carbocycles. The minimum absolute atomic E-state index is 0.101. The molecule has 0 N–H and O–H groups in total. The van der Waals surface area contributed by atoms with E-state index in [-0.39, 0.29) is 28.9 Å². The Hall–Kier alpha value is -0.130. The van der Waals surface area contributed by atoms with E-state index in [1.54, 1.807) is 0 Å². The number of hydrogen-bond donors (Lipinski definition) is 0. The lowest BCUT2D eigenvalue weighted by molar-refractivity contribution is -0.170. The molecule has 0 unspecified atom stereocenters. The predicted molar refractivity (Wildman–Crippen MR) is 63.1 cm³/mol. The molecular weight excluding hydrogens is 274 g/mol. The first-order valence-electron chi connectivity index (χ1n) is 5.80.